The van der Waals surface area contributed by atoms with Gasteiger partial charge in [0.2, 0.25) is 10.0 Å². The molecule has 3 aromatic rings. The second kappa shape index (κ2) is 12.6. The third kappa shape index (κ3) is 6.44. The number of sulfonamides is 1. The Morgan fingerprint density at radius 1 is 1.00 bits per heavy atom. The number of nitrogens with zero attached hydrogens (tertiary/aromatic N) is 2. The van der Waals surface area contributed by atoms with Crippen LogP contribution in [0.1, 0.15) is 55.9 Å². The fraction of sp³-hybridized carbons (Fsp3) is 0.355. The Morgan fingerprint density at radius 3 is 2.29 bits per heavy atom. The first-order valence-corrected chi connectivity index (χ1v) is 16.1. The summed E-state index contributed by atoms with van der Waals surface area (Å²) in [4.78, 5) is 27.7. The second-order valence-electron chi connectivity index (χ2n) is 10.6. The molecule has 4 atom stereocenters. The topological polar surface area (TPSA) is 104 Å². The van der Waals surface area contributed by atoms with E-state index in [1.165, 1.54) is 4.31 Å². The summed E-state index contributed by atoms with van der Waals surface area (Å²) in [6.07, 6.45) is -1.03. The van der Waals surface area contributed by atoms with Crippen molar-refractivity contribution in [1.82, 2.24) is 4.90 Å². The minimum atomic E-state index is -3.70. The average Bonchev–Trinajstić information content (AvgIpc) is 3.82. The van der Waals surface area contributed by atoms with Crippen LogP contribution in [0, 0.1) is 0 Å². The quantitative estimate of drug-likeness (QED) is 0.268. The number of carbonyl (C=O) groups is 2. The number of hydrogen-bond donors (Lipinski definition) is 1. The first-order chi connectivity index (χ1) is 20.1. The molecule has 1 unspecified atom stereocenters. The molecule has 1 saturated carbocycles. The van der Waals surface area contributed by atoms with E-state index < -0.39 is 57.9 Å². The molecule has 5 rings (SSSR count). The number of amides is 1. The highest BCUT2D eigenvalue weighted by atomic mass is 35.5. The van der Waals surface area contributed by atoms with Gasteiger partial charge >= 0.3 is 5.97 Å². The van der Waals surface area contributed by atoms with Crippen molar-refractivity contribution in [2.75, 3.05) is 10.8 Å². The van der Waals surface area contributed by atoms with Gasteiger partial charge in [0.25, 0.3) is 5.91 Å². The molecular formula is C31H32Cl2N2O6S. The van der Waals surface area contributed by atoms with E-state index in [0.717, 1.165) is 0 Å². The number of halogens is 2. The number of ether oxygens (including phenoxy) is 1. The van der Waals surface area contributed by atoms with Gasteiger partial charge in [-0.3, -0.25) is 13.9 Å². The van der Waals surface area contributed by atoms with Crippen molar-refractivity contribution in [3.63, 3.8) is 0 Å². The summed E-state index contributed by atoms with van der Waals surface area (Å²) >= 11 is 12.6. The highest BCUT2D eigenvalue weighted by molar-refractivity contribution is 7.93. The Labute approximate surface area is 255 Å². The zero-order valence-electron chi connectivity index (χ0n) is 23.0. The van der Waals surface area contributed by atoms with Crippen molar-refractivity contribution in [3.05, 3.63) is 100 Å². The molecular weight excluding hydrogens is 599 g/mol. The van der Waals surface area contributed by atoms with E-state index in [9.17, 15) is 23.1 Å². The number of para-hydroxylation sites is 1. The first-order valence-electron chi connectivity index (χ1n) is 13.9. The maximum Gasteiger partial charge on any atom is 0.306 e. The summed E-state index contributed by atoms with van der Waals surface area (Å²) in [5.41, 5.74) is 1.89. The third-order valence-electron chi connectivity index (χ3n) is 7.71. The van der Waals surface area contributed by atoms with Crippen molar-refractivity contribution in [2.45, 2.75) is 62.1 Å². The zero-order valence-corrected chi connectivity index (χ0v) is 25.3. The van der Waals surface area contributed by atoms with Crippen LogP contribution in [0.2, 0.25) is 10.0 Å². The monoisotopic (exact) mass is 630 g/mol. The number of carboxylic acid groups (broad SMARTS) is 1. The van der Waals surface area contributed by atoms with Gasteiger partial charge in [-0.25, -0.2) is 8.42 Å². The van der Waals surface area contributed by atoms with Gasteiger partial charge in [0, 0.05) is 10.0 Å². The average molecular weight is 632 g/mol. The number of rotatable bonds is 11. The minimum absolute atomic E-state index is 0.00274. The zero-order chi connectivity index (χ0) is 30.0. The van der Waals surface area contributed by atoms with E-state index in [2.05, 4.69) is 0 Å². The van der Waals surface area contributed by atoms with Gasteiger partial charge < -0.3 is 14.7 Å². The molecule has 0 aromatic heterocycles. The number of anilines is 1. The molecule has 2 fully saturated rings. The summed E-state index contributed by atoms with van der Waals surface area (Å²) in [5, 5.41) is 10.2. The SMILES string of the molecule is CC[C@@H](CN(c1ccccc1)S(=O)(=O)C1CC1)N1C(=O)[C@H](CC(=O)O)O[C@H](c2cccc(Cl)c2)C1c1ccc(Cl)cc1. The summed E-state index contributed by atoms with van der Waals surface area (Å²) in [7, 11) is -3.70. The van der Waals surface area contributed by atoms with E-state index in [4.69, 9.17) is 27.9 Å². The van der Waals surface area contributed by atoms with Crippen LogP contribution >= 0.6 is 23.2 Å². The highest BCUT2D eigenvalue weighted by Gasteiger charge is 2.49. The van der Waals surface area contributed by atoms with Gasteiger partial charge in [-0.15, -0.1) is 0 Å². The van der Waals surface area contributed by atoms with E-state index in [1.54, 1.807) is 71.6 Å². The fourth-order valence-corrected chi connectivity index (χ4v) is 7.71. The normalized spacial score (nSPS) is 21.6. The molecule has 0 spiro atoms. The molecule has 1 aliphatic heterocycles. The molecule has 3 aromatic carbocycles. The van der Waals surface area contributed by atoms with Crippen LogP contribution in [0.4, 0.5) is 5.69 Å². The van der Waals surface area contributed by atoms with Crippen LogP contribution < -0.4 is 4.31 Å². The van der Waals surface area contributed by atoms with Crippen LogP contribution in [0.5, 0.6) is 0 Å². The fourth-order valence-electron chi connectivity index (χ4n) is 5.50. The molecule has 1 heterocycles. The predicted molar refractivity (Wildman–Crippen MR) is 162 cm³/mol. The van der Waals surface area contributed by atoms with Crippen LogP contribution in [0.15, 0.2) is 78.9 Å². The molecule has 8 nitrogen and oxygen atoms in total. The van der Waals surface area contributed by atoms with Gasteiger partial charge in [-0.2, -0.15) is 0 Å². The lowest BCUT2D eigenvalue weighted by Gasteiger charge is -2.48. The lowest BCUT2D eigenvalue weighted by Crippen LogP contribution is -2.58. The lowest BCUT2D eigenvalue weighted by atomic mass is 9.89. The third-order valence-corrected chi connectivity index (χ3v) is 10.5. The van der Waals surface area contributed by atoms with Gasteiger partial charge in [-0.05, 0) is 66.8 Å². The van der Waals surface area contributed by atoms with E-state index in [0.29, 0.717) is 46.1 Å². The summed E-state index contributed by atoms with van der Waals surface area (Å²) in [6, 6.07) is 21.6. The molecule has 0 radical (unpaired) electrons. The number of benzene rings is 3. The number of aliphatic carboxylic acids is 1. The standard InChI is InChI=1S/C31H32Cl2N2O6S/c1-2-24(19-34(25-9-4-3-5-10-25)42(39,40)26-15-16-26)35-29(20-11-13-22(32)14-12-20)30(21-7-6-8-23(33)17-21)41-27(31(35)38)18-28(36)37/h3-14,17,24,26-27,29-30H,2,15-16,18-19H2,1H3,(H,36,37)/t24-,27-,29?,30+/m0/s1. The molecule has 2 aliphatic rings. The summed E-state index contributed by atoms with van der Waals surface area (Å²) in [6.45, 7) is 1.89. The van der Waals surface area contributed by atoms with Crippen molar-refractivity contribution >= 4 is 50.8 Å². The van der Waals surface area contributed by atoms with Crippen LogP contribution in [-0.2, 0) is 24.3 Å². The summed E-state index contributed by atoms with van der Waals surface area (Å²) < 4.78 is 35.1. The number of morpholine rings is 1. The van der Waals surface area contributed by atoms with Crippen molar-refractivity contribution in [3.8, 4) is 0 Å². The van der Waals surface area contributed by atoms with Crippen LogP contribution in [0.25, 0.3) is 0 Å². The summed E-state index contributed by atoms with van der Waals surface area (Å²) in [5.74, 6) is -1.70. The molecule has 1 amide bonds. The van der Waals surface area contributed by atoms with Gasteiger partial charge in [0.05, 0.1) is 36.0 Å². The molecule has 1 saturated heterocycles. The molecule has 1 N–H and O–H groups in total. The largest absolute Gasteiger partial charge is 0.481 e. The molecule has 1 aliphatic carbocycles. The Kier molecular flexibility index (Phi) is 9.13. The maximum atomic E-state index is 14.2. The van der Waals surface area contributed by atoms with Crippen molar-refractivity contribution in [1.29, 1.82) is 0 Å². The predicted octanol–water partition coefficient (Wildman–Crippen LogP) is 6.26. The molecule has 0 bridgehead atoms. The van der Waals surface area contributed by atoms with E-state index >= 15 is 0 Å². The van der Waals surface area contributed by atoms with Crippen molar-refractivity contribution in [2.24, 2.45) is 0 Å². The lowest BCUT2D eigenvalue weighted by molar-refractivity contribution is -0.183. The first kappa shape index (κ1) is 30.4. The van der Waals surface area contributed by atoms with E-state index in [1.807, 2.05) is 19.1 Å². The second-order valence-corrected chi connectivity index (χ2v) is 13.6. The number of hydrogen-bond acceptors (Lipinski definition) is 5. The van der Waals surface area contributed by atoms with Crippen LogP contribution in [-0.4, -0.2) is 54.2 Å². The molecule has 42 heavy (non-hydrogen) atoms. The number of carboxylic acids is 1. The Morgan fingerprint density at radius 2 is 1.69 bits per heavy atom. The van der Waals surface area contributed by atoms with E-state index in [-0.39, 0.29) is 6.54 Å². The van der Waals surface area contributed by atoms with Gasteiger partial charge in [0.1, 0.15) is 12.2 Å². The van der Waals surface area contributed by atoms with Crippen molar-refractivity contribution < 1.29 is 27.9 Å². The Bertz CT molecular complexity index is 1530. The molecule has 11 heteroatoms. The Hall–Kier alpha value is -3.11. The van der Waals surface area contributed by atoms with Crippen LogP contribution in [0.3, 0.4) is 0 Å². The Balaban J connectivity index is 1.64. The molecule has 222 valence electrons. The van der Waals surface area contributed by atoms with Gasteiger partial charge in [0.15, 0.2) is 0 Å². The van der Waals surface area contributed by atoms with Gasteiger partial charge in [-0.1, -0.05) is 72.6 Å². The highest BCUT2D eigenvalue weighted by Crippen LogP contribution is 2.45. The maximum absolute atomic E-state index is 14.2. The number of carbonyl (C=O) groups excluding carboxylic acids is 1. The smallest absolute Gasteiger partial charge is 0.306 e. The minimum Gasteiger partial charge on any atom is -0.481 e.